The molecular weight excluding hydrogens is 759 g/mol. The van der Waals surface area contributed by atoms with Crippen molar-refractivity contribution in [2.75, 3.05) is 27.7 Å². The number of benzene rings is 1. The maximum absolute atomic E-state index is 14.2. The monoisotopic (exact) mass is 828 g/mol. The highest BCUT2D eigenvalue weighted by Crippen LogP contribution is 2.23. The SMILES string of the molecule is CCC[C@H]1OC(=O)[C@H](C)N(C)C(=O)[C@H]([C@@H](C)CC)NC(=O)CN(C)C(=O)[C@@H](Cc2ccccc2)N(C)C(=O)[C@H](C)NC(=O)[C@@H]([C@@H](C)CC)OC(=O)/C(C)=C/C[C@H](O)[C@@H]1C. The van der Waals surface area contributed by atoms with E-state index < -0.39 is 102 Å². The highest BCUT2D eigenvalue weighted by molar-refractivity contribution is 5.96. The summed E-state index contributed by atoms with van der Waals surface area (Å²) < 4.78 is 11.6. The lowest BCUT2D eigenvalue weighted by Crippen LogP contribution is -2.58. The van der Waals surface area contributed by atoms with E-state index in [9.17, 15) is 38.7 Å². The first-order valence-electron chi connectivity index (χ1n) is 20.9. The first-order chi connectivity index (χ1) is 27.7. The molecule has 5 amide bonds. The summed E-state index contributed by atoms with van der Waals surface area (Å²) in [6, 6.07) is 4.69. The lowest BCUT2D eigenvalue weighted by Gasteiger charge is -2.34. The number of rotatable bonds is 8. The molecule has 1 aliphatic heterocycles. The van der Waals surface area contributed by atoms with Crippen molar-refractivity contribution in [2.24, 2.45) is 17.8 Å². The summed E-state index contributed by atoms with van der Waals surface area (Å²) in [4.78, 5) is 99.9. The Bertz CT molecular complexity index is 1640. The second-order valence-corrected chi connectivity index (χ2v) is 16.2. The number of carbonyl (C=O) groups excluding carboxylic acids is 7. The molecular formula is C44H69N5O10. The Labute approximate surface area is 350 Å². The first kappa shape index (κ1) is 50.4. The van der Waals surface area contributed by atoms with E-state index in [4.69, 9.17) is 9.47 Å². The van der Waals surface area contributed by atoms with Crippen LogP contribution < -0.4 is 10.6 Å². The van der Waals surface area contributed by atoms with Crippen LogP contribution in [0.5, 0.6) is 0 Å². The van der Waals surface area contributed by atoms with E-state index in [1.807, 2.05) is 39.0 Å². The highest BCUT2D eigenvalue weighted by atomic mass is 16.6. The predicted octanol–water partition coefficient (Wildman–Crippen LogP) is 3.41. The molecule has 15 nitrogen and oxygen atoms in total. The van der Waals surface area contributed by atoms with Crippen LogP contribution in [0.15, 0.2) is 42.0 Å². The number of aliphatic hydroxyl groups excluding tert-OH is 1. The van der Waals surface area contributed by atoms with Crippen molar-refractivity contribution in [1.29, 1.82) is 0 Å². The number of hydrogen-bond donors (Lipinski definition) is 3. The lowest BCUT2D eigenvalue weighted by atomic mass is 9.92. The number of likely N-dealkylation sites (N-methyl/N-ethyl adjacent to an activating group) is 3. The van der Waals surface area contributed by atoms with Crippen molar-refractivity contribution >= 4 is 41.5 Å². The molecule has 0 aromatic heterocycles. The molecule has 59 heavy (non-hydrogen) atoms. The number of nitrogens with one attached hydrogen (secondary N) is 2. The van der Waals surface area contributed by atoms with Gasteiger partial charge < -0.3 is 39.9 Å². The van der Waals surface area contributed by atoms with Crippen LogP contribution in [0, 0.1) is 17.8 Å². The number of esters is 2. The van der Waals surface area contributed by atoms with Gasteiger partial charge in [-0.3, -0.25) is 24.0 Å². The van der Waals surface area contributed by atoms with Crippen LogP contribution in [0.25, 0.3) is 0 Å². The van der Waals surface area contributed by atoms with E-state index in [1.54, 1.807) is 32.9 Å². The third-order valence-electron chi connectivity index (χ3n) is 11.6. The maximum Gasteiger partial charge on any atom is 0.334 e. The summed E-state index contributed by atoms with van der Waals surface area (Å²) in [5.74, 6) is -5.84. The second-order valence-electron chi connectivity index (χ2n) is 16.2. The Morgan fingerprint density at radius 3 is 2.00 bits per heavy atom. The molecule has 0 unspecified atom stereocenters. The minimum atomic E-state index is -1.26. The van der Waals surface area contributed by atoms with Crippen molar-refractivity contribution < 1.29 is 48.1 Å². The summed E-state index contributed by atoms with van der Waals surface area (Å²) >= 11 is 0. The molecule has 330 valence electrons. The van der Waals surface area contributed by atoms with E-state index in [2.05, 4.69) is 10.6 Å². The molecule has 0 saturated carbocycles. The number of aliphatic hydroxyl groups is 1. The fraction of sp³-hybridized carbons (Fsp3) is 0.659. The van der Waals surface area contributed by atoms with E-state index >= 15 is 0 Å². The van der Waals surface area contributed by atoms with Gasteiger partial charge in [0.15, 0.2) is 6.10 Å². The van der Waals surface area contributed by atoms with Crippen LogP contribution in [0.4, 0.5) is 0 Å². The number of cyclic esters (lactones) is 2. The van der Waals surface area contributed by atoms with Crippen LogP contribution in [0.1, 0.15) is 100.0 Å². The quantitative estimate of drug-likeness (QED) is 0.328. The zero-order chi connectivity index (χ0) is 44.7. The fourth-order valence-electron chi connectivity index (χ4n) is 6.72. The summed E-state index contributed by atoms with van der Waals surface area (Å²) in [5.41, 5.74) is 0.891. The average Bonchev–Trinajstić information content (AvgIpc) is 3.22. The lowest BCUT2D eigenvalue weighted by molar-refractivity contribution is -0.163. The van der Waals surface area contributed by atoms with E-state index in [0.29, 0.717) is 25.7 Å². The Balaban J connectivity index is 2.63. The second kappa shape index (κ2) is 23.7. The van der Waals surface area contributed by atoms with Gasteiger partial charge in [0, 0.05) is 45.0 Å². The summed E-state index contributed by atoms with van der Waals surface area (Å²) in [7, 11) is 4.32. The van der Waals surface area contributed by atoms with Crippen LogP contribution >= 0.6 is 0 Å². The summed E-state index contributed by atoms with van der Waals surface area (Å²) in [6.07, 6.45) is 0.625. The molecule has 1 aromatic carbocycles. The fourth-order valence-corrected chi connectivity index (χ4v) is 6.72. The number of ether oxygens (including phenoxy) is 2. The van der Waals surface area contributed by atoms with Gasteiger partial charge >= 0.3 is 11.9 Å². The van der Waals surface area contributed by atoms with Gasteiger partial charge in [0.25, 0.3) is 5.91 Å². The van der Waals surface area contributed by atoms with Gasteiger partial charge in [0.2, 0.25) is 23.6 Å². The van der Waals surface area contributed by atoms with Crippen molar-refractivity contribution in [1.82, 2.24) is 25.3 Å². The molecule has 1 aromatic rings. The molecule has 0 spiro atoms. The third kappa shape index (κ3) is 14.2. The Morgan fingerprint density at radius 2 is 1.42 bits per heavy atom. The molecule has 2 rings (SSSR count). The van der Waals surface area contributed by atoms with E-state index in [0.717, 1.165) is 5.56 Å². The van der Waals surface area contributed by atoms with Crippen LogP contribution in [0.3, 0.4) is 0 Å². The van der Waals surface area contributed by atoms with Gasteiger partial charge in [0.1, 0.15) is 30.3 Å². The molecule has 0 radical (unpaired) electrons. The number of nitrogens with zero attached hydrogens (tertiary/aromatic N) is 3. The molecule has 0 fully saturated rings. The summed E-state index contributed by atoms with van der Waals surface area (Å²) in [5, 5.41) is 16.7. The van der Waals surface area contributed by atoms with Crippen molar-refractivity contribution in [3.8, 4) is 0 Å². The van der Waals surface area contributed by atoms with E-state index in [-0.39, 0.29) is 24.3 Å². The topological polar surface area (TPSA) is 192 Å². The number of hydrogen-bond acceptors (Lipinski definition) is 10. The Morgan fingerprint density at radius 1 is 0.814 bits per heavy atom. The van der Waals surface area contributed by atoms with Gasteiger partial charge in [-0.15, -0.1) is 0 Å². The van der Waals surface area contributed by atoms with Gasteiger partial charge in [-0.05, 0) is 51.5 Å². The minimum Gasteiger partial charge on any atom is -0.460 e. The molecule has 0 aliphatic carbocycles. The van der Waals surface area contributed by atoms with Crippen molar-refractivity contribution in [3.63, 3.8) is 0 Å². The number of carbonyl (C=O) groups is 7. The molecule has 15 heteroatoms. The first-order valence-corrected chi connectivity index (χ1v) is 20.9. The molecule has 0 saturated heterocycles. The van der Waals surface area contributed by atoms with Gasteiger partial charge in [-0.1, -0.05) is 90.8 Å². The molecule has 1 aliphatic rings. The highest BCUT2D eigenvalue weighted by Gasteiger charge is 2.38. The van der Waals surface area contributed by atoms with Gasteiger partial charge in [-0.25, -0.2) is 9.59 Å². The van der Waals surface area contributed by atoms with Crippen LogP contribution in [-0.4, -0.2) is 131 Å². The summed E-state index contributed by atoms with van der Waals surface area (Å²) in [6.45, 7) is 14.9. The Hall–Kier alpha value is -4.79. The van der Waals surface area contributed by atoms with Crippen molar-refractivity contribution in [2.45, 2.75) is 143 Å². The molecule has 3 N–H and O–H groups in total. The molecule has 0 bridgehead atoms. The number of amides is 5. The normalized spacial score (nSPS) is 29.1. The zero-order valence-corrected chi connectivity index (χ0v) is 37.2. The predicted molar refractivity (Wildman–Crippen MR) is 223 cm³/mol. The van der Waals surface area contributed by atoms with E-state index in [1.165, 1.54) is 62.7 Å². The molecule has 1 heterocycles. The van der Waals surface area contributed by atoms with Gasteiger partial charge in [0.05, 0.1) is 12.6 Å². The Kier molecular flexibility index (Phi) is 20.2. The largest absolute Gasteiger partial charge is 0.460 e. The molecule has 10 atom stereocenters. The van der Waals surface area contributed by atoms with Gasteiger partial charge in [-0.2, -0.15) is 0 Å². The van der Waals surface area contributed by atoms with Crippen LogP contribution in [-0.2, 0) is 49.5 Å². The standard InChI is InChI=1S/C44H69N5O10/c1-13-19-35-29(7)34(50)23-22-28(6)43(56)59-38(27(5)15-3)39(52)45-30(8)40(53)49(12)33(24-32-20-17-16-18-21-32)41(54)47(10)25-36(51)46-37(26(4)14-2)42(55)48(11)31(9)44(57)58-35/h16-18,20-22,26-27,29-31,33-35,37-38,50H,13-15,19,23-25H2,1-12H3,(H,45,52)(H,46,51)/b28-22+/t26-,27-,29-,30-,31-,33+,34-,35+,37-,38+/m0/s1. The van der Waals surface area contributed by atoms with Crippen LogP contribution in [0.2, 0.25) is 0 Å². The average molecular weight is 828 g/mol. The zero-order valence-electron chi connectivity index (χ0n) is 37.2. The third-order valence-corrected chi connectivity index (χ3v) is 11.6. The smallest absolute Gasteiger partial charge is 0.334 e. The maximum atomic E-state index is 14.2. The van der Waals surface area contributed by atoms with Crippen molar-refractivity contribution in [3.05, 3.63) is 47.5 Å². The minimum absolute atomic E-state index is 0.0141.